The number of hydrogen-bond donors (Lipinski definition) is 2. The van der Waals surface area contributed by atoms with Gasteiger partial charge < -0.3 is 10.1 Å². The molecule has 2 aromatic rings. The number of aliphatic imine (C=N–C) groups is 1. The predicted octanol–water partition coefficient (Wildman–Crippen LogP) is 6.92. The van der Waals surface area contributed by atoms with Crippen LogP contribution in [0.1, 0.15) is 64.5 Å². The Hall–Kier alpha value is -4.03. The van der Waals surface area contributed by atoms with Gasteiger partial charge in [-0.15, -0.1) is 0 Å². The number of nitrogens with zero attached hydrogens (tertiary/aromatic N) is 3. The summed E-state index contributed by atoms with van der Waals surface area (Å²) in [6.07, 6.45) is 8.51. The summed E-state index contributed by atoms with van der Waals surface area (Å²) in [6.45, 7) is 16.5. The van der Waals surface area contributed by atoms with E-state index in [2.05, 4.69) is 45.9 Å². The summed E-state index contributed by atoms with van der Waals surface area (Å²) in [6, 6.07) is 5.55. The van der Waals surface area contributed by atoms with Gasteiger partial charge in [-0.3, -0.25) is 15.1 Å². The summed E-state index contributed by atoms with van der Waals surface area (Å²) in [4.78, 5) is 33.6. The molecule has 0 aliphatic heterocycles. The molecule has 3 rings (SSSR count). The minimum absolute atomic E-state index is 0.157. The average Bonchev–Trinajstić information content (AvgIpc) is 3.18. The van der Waals surface area contributed by atoms with Crippen molar-refractivity contribution in [2.24, 2.45) is 10.4 Å². The van der Waals surface area contributed by atoms with Gasteiger partial charge in [-0.25, -0.2) is 9.78 Å². The van der Waals surface area contributed by atoms with Crippen molar-refractivity contribution in [1.29, 1.82) is 5.26 Å². The summed E-state index contributed by atoms with van der Waals surface area (Å²) in [5.41, 5.74) is 4.47. The Morgan fingerprint density at radius 1 is 1.31 bits per heavy atom. The smallest absolute Gasteiger partial charge is 0.321 e. The molecule has 204 valence electrons. The molecule has 0 saturated heterocycles. The molecule has 0 spiro atoms. The van der Waals surface area contributed by atoms with Crippen LogP contribution in [0.2, 0.25) is 0 Å². The zero-order chi connectivity index (χ0) is 28.6. The van der Waals surface area contributed by atoms with Gasteiger partial charge in [0, 0.05) is 18.3 Å². The van der Waals surface area contributed by atoms with E-state index in [1.54, 1.807) is 12.3 Å². The number of carbonyl (C=O) groups is 2. The van der Waals surface area contributed by atoms with Gasteiger partial charge in [0.1, 0.15) is 6.07 Å². The number of nitriles is 1. The van der Waals surface area contributed by atoms with Gasteiger partial charge >= 0.3 is 12.0 Å². The summed E-state index contributed by atoms with van der Waals surface area (Å²) >= 11 is 1.25. The Morgan fingerprint density at radius 3 is 2.74 bits per heavy atom. The maximum atomic E-state index is 12.5. The van der Waals surface area contributed by atoms with Crippen molar-refractivity contribution in [2.45, 2.75) is 53.4 Å². The molecule has 2 N–H and O–H groups in total. The molecule has 1 aromatic heterocycles. The molecule has 1 heterocycles. The van der Waals surface area contributed by atoms with Crippen LogP contribution < -0.4 is 10.6 Å². The molecule has 1 unspecified atom stereocenters. The van der Waals surface area contributed by atoms with Gasteiger partial charge in [0.25, 0.3) is 0 Å². The van der Waals surface area contributed by atoms with E-state index in [-0.39, 0.29) is 12.0 Å². The van der Waals surface area contributed by atoms with E-state index in [9.17, 15) is 14.9 Å². The first-order chi connectivity index (χ1) is 18.6. The molecule has 1 aliphatic carbocycles. The Kier molecular flexibility index (Phi) is 9.96. The number of urea groups is 1. The number of carbonyl (C=O) groups excluding carboxylic acids is 2. The summed E-state index contributed by atoms with van der Waals surface area (Å²) in [5, 5.41) is 15.6. The molecule has 1 aliphatic rings. The highest BCUT2D eigenvalue weighted by Gasteiger charge is 2.35. The van der Waals surface area contributed by atoms with E-state index in [1.165, 1.54) is 11.3 Å². The maximum Gasteiger partial charge on any atom is 0.321 e. The fourth-order valence-electron chi connectivity index (χ4n) is 4.30. The summed E-state index contributed by atoms with van der Waals surface area (Å²) < 4.78 is 5.99. The highest BCUT2D eigenvalue weighted by Crippen LogP contribution is 2.37. The fraction of sp³-hybridized carbons (Fsp3) is 0.367. The van der Waals surface area contributed by atoms with Crippen molar-refractivity contribution in [2.75, 3.05) is 18.5 Å². The average molecular weight is 546 g/mol. The minimum Gasteiger partial charge on any atom is -0.466 e. The van der Waals surface area contributed by atoms with Crippen LogP contribution in [0, 0.1) is 16.7 Å². The van der Waals surface area contributed by atoms with E-state index in [4.69, 9.17) is 4.74 Å². The molecule has 2 amide bonds. The second-order valence-corrected chi connectivity index (χ2v) is 10.7. The number of nitrogens with one attached hydrogen (secondary N) is 2. The lowest BCUT2D eigenvalue weighted by molar-refractivity contribution is -0.155. The van der Waals surface area contributed by atoms with Crippen LogP contribution >= 0.6 is 11.3 Å². The number of ether oxygens (including phenoxy) is 1. The minimum atomic E-state index is -0.523. The molecule has 0 radical (unpaired) electrons. The number of thiazole rings is 1. The Bertz CT molecular complexity index is 1430. The van der Waals surface area contributed by atoms with Gasteiger partial charge in [0.05, 0.1) is 33.5 Å². The van der Waals surface area contributed by atoms with Crippen molar-refractivity contribution in [1.82, 2.24) is 10.3 Å². The van der Waals surface area contributed by atoms with E-state index < -0.39 is 5.41 Å². The zero-order valence-electron chi connectivity index (χ0n) is 23.0. The molecule has 0 fully saturated rings. The number of hydrogen-bond acceptors (Lipinski definition) is 7. The predicted molar refractivity (Wildman–Crippen MR) is 159 cm³/mol. The molecular formula is C30H35N5O3S. The SMILES string of the molecule is C=C(C)C=C(C=NC(=C)C1=CCCC(C)(C(=O)OCC)CC1)c1cc(C#N)c2sc(NC(=O)NCC)nc2c1. The second-order valence-electron chi connectivity index (χ2n) is 9.69. The van der Waals surface area contributed by atoms with E-state index >= 15 is 0 Å². The standard InChI is InChI=1S/C30H35N5O3S/c1-7-32-28(37)35-29-34-25-16-22(15-23(17-31)26(25)39-29)24(14-19(3)4)18-33-20(5)21-10-9-12-30(6,13-11-21)27(36)38-8-2/h10,14-16,18H,3,5,7-9,11-13H2,1-2,4,6H3,(H2,32,34,35,37). The lowest BCUT2D eigenvalue weighted by atomic mass is 9.82. The van der Waals surface area contributed by atoms with Crippen LogP contribution in [-0.4, -0.2) is 36.4 Å². The number of esters is 1. The van der Waals surface area contributed by atoms with Gasteiger partial charge in [-0.2, -0.15) is 5.26 Å². The van der Waals surface area contributed by atoms with Crippen molar-refractivity contribution in [3.05, 3.63) is 65.4 Å². The topological polar surface area (TPSA) is 116 Å². The maximum absolute atomic E-state index is 12.5. The molecular weight excluding hydrogens is 510 g/mol. The summed E-state index contributed by atoms with van der Waals surface area (Å²) in [7, 11) is 0. The number of anilines is 1. The lowest BCUT2D eigenvalue weighted by Gasteiger charge is -2.25. The van der Waals surface area contributed by atoms with Crippen LogP contribution in [0.4, 0.5) is 9.93 Å². The number of fused-ring (bicyclic) bond motifs is 1. The number of benzene rings is 1. The first-order valence-electron chi connectivity index (χ1n) is 13.0. The molecule has 39 heavy (non-hydrogen) atoms. The van der Waals surface area contributed by atoms with Gasteiger partial charge in [0.2, 0.25) is 0 Å². The van der Waals surface area contributed by atoms with E-state index in [0.29, 0.717) is 59.0 Å². The van der Waals surface area contributed by atoms with Crippen LogP contribution in [0.5, 0.6) is 0 Å². The van der Waals surface area contributed by atoms with Crippen molar-refractivity contribution in [3.8, 4) is 6.07 Å². The molecule has 9 heteroatoms. The zero-order valence-corrected chi connectivity index (χ0v) is 23.8. The second kappa shape index (κ2) is 13.2. The lowest BCUT2D eigenvalue weighted by Crippen LogP contribution is -2.29. The Morgan fingerprint density at radius 2 is 2.08 bits per heavy atom. The van der Waals surface area contributed by atoms with Crippen molar-refractivity contribution in [3.63, 3.8) is 0 Å². The van der Waals surface area contributed by atoms with Crippen LogP contribution in [-0.2, 0) is 9.53 Å². The first kappa shape index (κ1) is 29.5. The van der Waals surface area contributed by atoms with E-state index in [0.717, 1.165) is 28.7 Å². The van der Waals surface area contributed by atoms with Crippen molar-refractivity contribution >= 4 is 50.5 Å². The molecule has 0 saturated carbocycles. The molecule has 1 aromatic carbocycles. The highest BCUT2D eigenvalue weighted by molar-refractivity contribution is 7.22. The van der Waals surface area contributed by atoms with Gasteiger partial charge in [0.15, 0.2) is 5.13 Å². The third kappa shape index (κ3) is 7.52. The van der Waals surface area contributed by atoms with Crippen LogP contribution in [0.3, 0.4) is 0 Å². The first-order valence-corrected chi connectivity index (χ1v) is 13.8. The fourth-order valence-corrected chi connectivity index (χ4v) is 5.21. The Labute approximate surface area is 233 Å². The van der Waals surface area contributed by atoms with Crippen LogP contribution in [0.15, 0.2) is 59.3 Å². The number of aromatic nitrogens is 1. The van der Waals surface area contributed by atoms with Gasteiger partial charge in [-0.05, 0) is 76.6 Å². The Balaban J connectivity index is 1.87. The molecule has 1 atom stereocenters. The normalized spacial score (nSPS) is 17.7. The summed E-state index contributed by atoms with van der Waals surface area (Å²) in [5.74, 6) is -0.157. The van der Waals surface area contributed by atoms with Gasteiger partial charge in [-0.1, -0.05) is 42.2 Å². The highest BCUT2D eigenvalue weighted by atomic mass is 32.1. The largest absolute Gasteiger partial charge is 0.466 e. The van der Waals surface area contributed by atoms with Crippen LogP contribution in [0.25, 0.3) is 15.8 Å². The monoisotopic (exact) mass is 545 g/mol. The third-order valence-electron chi connectivity index (χ3n) is 6.43. The number of amides is 2. The van der Waals surface area contributed by atoms with Crippen molar-refractivity contribution < 1.29 is 14.3 Å². The van der Waals surface area contributed by atoms with E-state index in [1.807, 2.05) is 39.8 Å². The molecule has 8 nitrogen and oxygen atoms in total. The third-order valence-corrected chi connectivity index (χ3v) is 7.45. The number of rotatable bonds is 9. The molecule has 0 bridgehead atoms. The quantitative estimate of drug-likeness (QED) is 0.201. The number of allylic oxidation sites excluding steroid dienone is 5.